The Balaban J connectivity index is 2.08. The highest BCUT2D eigenvalue weighted by atomic mass is 35.5. The SMILES string of the molecule is Nc1ccc(Sc2cc(Cl)ccc2Cl)c2nonc12. The zero-order valence-electron chi connectivity index (χ0n) is 9.43. The van der Waals surface area contributed by atoms with E-state index in [9.17, 15) is 0 Å². The van der Waals surface area contributed by atoms with Gasteiger partial charge in [-0.25, -0.2) is 4.63 Å². The molecule has 0 bridgehead atoms. The molecule has 0 amide bonds. The summed E-state index contributed by atoms with van der Waals surface area (Å²) in [4.78, 5) is 1.69. The van der Waals surface area contributed by atoms with Crippen LogP contribution in [-0.2, 0) is 0 Å². The molecule has 0 unspecified atom stereocenters. The number of nitrogens with zero attached hydrogens (tertiary/aromatic N) is 2. The molecule has 7 heteroatoms. The second-order valence-corrected chi connectivity index (χ2v) is 5.72. The van der Waals surface area contributed by atoms with Crippen LogP contribution in [0.4, 0.5) is 5.69 Å². The van der Waals surface area contributed by atoms with Crippen molar-refractivity contribution in [2.45, 2.75) is 9.79 Å². The first kappa shape index (κ1) is 12.6. The summed E-state index contributed by atoms with van der Waals surface area (Å²) in [5.74, 6) is 0. The van der Waals surface area contributed by atoms with Gasteiger partial charge in [0.05, 0.1) is 10.7 Å². The molecule has 1 aromatic heterocycles. The van der Waals surface area contributed by atoms with Crippen LogP contribution in [-0.4, -0.2) is 10.3 Å². The molecular weight excluding hydrogens is 305 g/mol. The van der Waals surface area contributed by atoms with Crippen LogP contribution in [0.25, 0.3) is 11.0 Å². The lowest BCUT2D eigenvalue weighted by Crippen LogP contribution is -1.87. The van der Waals surface area contributed by atoms with Gasteiger partial charge in [-0.05, 0) is 40.6 Å². The van der Waals surface area contributed by atoms with Gasteiger partial charge in [-0.2, -0.15) is 0 Å². The number of halogens is 2. The zero-order chi connectivity index (χ0) is 13.4. The van der Waals surface area contributed by atoms with Gasteiger partial charge in [0.25, 0.3) is 0 Å². The normalized spacial score (nSPS) is 11.1. The Hall–Kier alpha value is -1.43. The number of benzene rings is 2. The third-order valence-corrected chi connectivity index (χ3v) is 4.31. The molecule has 2 aromatic carbocycles. The highest BCUT2D eigenvalue weighted by molar-refractivity contribution is 7.99. The molecule has 3 rings (SSSR count). The van der Waals surface area contributed by atoms with Crippen LogP contribution in [0.3, 0.4) is 0 Å². The van der Waals surface area contributed by atoms with E-state index in [4.69, 9.17) is 33.6 Å². The molecule has 0 fully saturated rings. The Labute approximate surface area is 122 Å². The molecule has 0 saturated heterocycles. The highest BCUT2D eigenvalue weighted by Crippen LogP contribution is 2.38. The number of rotatable bonds is 2. The van der Waals surface area contributed by atoms with Crippen molar-refractivity contribution in [3.05, 3.63) is 40.4 Å². The Morgan fingerprint density at radius 2 is 1.79 bits per heavy atom. The molecule has 1 heterocycles. The second-order valence-electron chi connectivity index (χ2n) is 3.79. The van der Waals surface area contributed by atoms with Gasteiger partial charge in [0, 0.05) is 14.8 Å². The lowest BCUT2D eigenvalue weighted by atomic mass is 10.3. The van der Waals surface area contributed by atoms with Crippen LogP contribution in [0.5, 0.6) is 0 Å². The van der Waals surface area contributed by atoms with Crippen LogP contribution in [0.2, 0.25) is 10.0 Å². The Bertz CT molecular complexity index is 760. The molecule has 96 valence electrons. The van der Waals surface area contributed by atoms with E-state index < -0.39 is 0 Å². The number of aromatic nitrogens is 2. The molecule has 0 aliphatic carbocycles. The molecule has 3 aromatic rings. The van der Waals surface area contributed by atoms with Gasteiger partial charge < -0.3 is 5.73 Å². The van der Waals surface area contributed by atoms with Crippen LogP contribution in [0.15, 0.2) is 44.8 Å². The predicted molar refractivity (Wildman–Crippen MR) is 76.8 cm³/mol. The van der Waals surface area contributed by atoms with Crippen molar-refractivity contribution >= 4 is 51.7 Å². The van der Waals surface area contributed by atoms with Gasteiger partial charge >= 0.3 is 0 Å². The summed E-state index contributed by atoms with van der Waals surface area (Å²) in [6, 6.07) is 8.90. The first-order valence-corrected chi connectivity index (χ1v) is 6.86. The molecule has 0 radical (unpaired) electrons. The minimum absolute atomic E-state index is 0.526. The zero-order valence-corrected chi connectivity index (χ0v) is 11.8. The molecule has 0 spiro atoms. The van der Waals surface area contributed by atoms with E-state index in [1.165, 1.54) is 11.8 Å². The molecule has 2 N–H and O–H groups in total. The standard InChI is InChI=1S/C12H7Cl2N3OS/c13-6-1-2-7(14)10(5-6)19-9-4-3-8(15)11-12(9)17-18-16-11/h1-5H,15H2. The van der Waals surface area contributed by atoms with Gasteiger partial charge in [0.2, 0.25) is 0 Å². The van der Waals surface area contributed by atoms with Crippen LogP contribution >= 0.6 is 35.0 Å². The van der Waals surface area contributed by atoms with Gasteiger partial charge in [0.15, 0.2) is 11.0 Å². The Kier molecular flexibility index (Phi) is 3.26. The summed E-state index contributed by atoms with van der Waals surface area (Å²) in [6.07, 6.45) is 0. The molecular formula is C12H7Cl2N3OS. The summed E-state index contributed by atoms with van der Waals surface area (Å²) in [6.45, 7) is 0. The minimum Gasteiger partial charge on any atom is -0.397 e. The Morgan fingerprint density at radius 3 is 2.63 bits per heavy atom. The lowest BCUT2D eigenvalue weighted by molar-refractivity contribution is 0.315. The monoisotopic (exact) mass is 311 g/mol. The quantitative estimate of drug-likeness (QED) is 0.716. The van der Waals surface area contributed by atoms with Crippen molar-refractivity contribution in [3.8, 4) is 0 Å². The van der Waals surface area contributed by atoms with Crippen LogP contribution < -0.4 is 5.73 Å². The van der Waals surface area contributed by atoms with Crippen LogP contribution in [0, 0.1) is 0 Å². The van der Waals surface area contributed by atoms with Crippen LogP contribution in [0.1, 0.15) is 0 Å². The number of anilines is 1. The van der Waals surface area contributed by atoms with Crippen molar-refractivity contribution in [1.29, 1.82) is 0 Å². The maximum absolute atomic E-state index is 6.14. The smallest absolute Gasteiger partial charge is 0.159 e. The largest absolute Gasteiger partial charge is 0.397 e. The average Bonchev–Trinajstić information content (AvgIpc) is 2.87. The van der Waals surface area contributed by atoms with Gasteiger partial charge in [-0.15, -0.1) is 0 Å². The van der Waals surface area contributed by atoms with Gasteiger partial charge in [0.1, 0.15) is 0 Å². The van der Waals surface area contributed by atoms with Gasteiger partial charge in [-0.1, -0.05) is 35.0 Å². The first-order chi connectivity index (χ1) is 9.15. The fourth-order valence-corrected chi connectivity index (χ4v) is 3.04. The van der Waals surface area contributed by atoms with E-state index in [-0.39, 0.29) is 0 Å². The predicted octanol–water partition coefficient (Wildman–Crippen LogP) is 4.26. The van der Waals surface area contributed by atoms with E-state index in [1.807, 2.05) is 6.07 Å². The molecule has 0 aliphatic rings. The lowest BCUT2D eigenvalue weighted by Gasteiger charge is -2.05. The van der Waals surface area contributed by atoms with Gasteiger partial charge in [-0.3, -0.25) is 0 Å². The third kappa shape index (κ3) is 2.36. The number of hydrogen-bond acceptors (Lipinski definition) is 5. The maximum atomic E-state index is 6.14. The maximum Gasteiger partial charge on any atom is 0.159 e. The number of hydrogen-bond donors (Lipinski definition) is 1. The number of nitrogen functional groups attached to an aromatic ring is 1. The fraction of sp³-hybridized carbons (Fsp3) is 0. The van der Waals surface area contributed by atoms with Crippen molar-refractivity contribution in [2.24, 2.45) is 0 Å². The summed E-state index contributed by atoms with van der Waals surface area (Å²) >= 11 is 13.5. The molecule has 0 atom stereocenters. The number of fused-ring (bicyclic) bond motifs is 1. The van der Waals surface area contributed by atoms with Crippen molar-refractivity contribution in [3.63, 3.8) is 0 Å². The summed E-state index contributed by atoms with van der Waals surface area (Å²) in [5, 5.41) is 8.88. The topological polar surface area (TPSA) is 64.9 Å². The molecule has 0 saturated carbocycles. The number of nitrogens with two attached hydrogens (primary N) is 1. The summed E-state index contributed by atoms with van der Waals surface area (Å²) < 4.78 is 4.73. The van der Waals surface area contributed by atoms with E-state index in [0.717, 1.165) is 9.79 Å². The van der Waals surface area contributed by atoms with E-state index >= 15 is 0 Å². The van der Waals surface area contributed by atoms with Crippen molar-refractivity contribution in [2.75, 3.05) is 5.73 Å². The van der Waals surface area contributed by atoms with E-state index in [0.29, 0.717) is 26.8 Å². The average molecular weight is 312 g/mol. The fourth-order valence-electron chi connectivity index (χ4n) is 1.62. The first-order valence-electron chi connectivity index (χ1n) is 5.29. The Morgan fingerprint density at radius 1 is 1.00 bits per heavy atom. The molecule has 4 nitrogen and oxygen atoms in total. The minimum atomic E-state index is 0.526. The summed E-state index contributed by atoms with van der Waals surface area (Å²) in [5.41, 5.74) is 7.48. The highest BCUT2D eigenvalue weighted by Gasteiger charge is 2.12. The van der Waals surface area contributed by atoms with Crippen molar-refractivity contribution in [1.82, 2.24) is 10.3 Å². The van der Waals surface area contributed by atoms with E-state index in [1.54, 1.807) is 24.3 Å². The molecule has 0 aliphatic heterocycles. The van der Waals surface area contributed by atoms with Crippen molar-refractivity contribution < 1.29 is 4.63 Å². The molecule has 19 heavy (non-hydrogen) atoms. The third-order valence-electron chi connectivity index (χ3n) is 2.52. The summed E-state index contributed by atoms with van der Waals surface area (Å²) in [7, 11) is 0. The second kappa shape index (κ2) is 4.92. The van der Waals surface area contributed by atoms with E-state index in [2.05, 4.69) is 10.3 Å².